The molecular formula is C12H19NSi2. The summed E-state index contributed by atoms with van der Waals surface area (Å²) in [7, 11) is -0.701. The highest BCUT2D eigenvalue weighted by molar-refractivity contribution is 6.70. The molecule has 3 heteroatoms. The van der Waals surface area contributed by atoms with Crippen LogP contribution in [0, 0.1) is 0 Å². The lowest BCUT2D eigenvalue weighted by Gasteiger charge is -2.27. The number of hydrogen-bond acceptors (Lipinski definition) is 1. The Morgan fingerprint density at radius 3 is 1.93 bits per heavy atom. The summed E-state index contributed by atoms with van der Waals surface area (Å²) < 4.78 is 2.56. The maximum absolute atomic E-state index is 2.56. The summed E-state index contributed by atoms with van der Waals surface area (Å²) in [5.74, 6) is 0. The van der Waals surface area contributed by atoms with Crippen LogP contribution < -0.4 is 0 Å². The van der Waals surface area contributed by atoms with E-state index in [1.54, 1.807) is 0 Å². The minimum atomic E-state index is -0.350. The fraction of sp³-hybridized carbons (Fsp3) is 0.333. The third-order valence-corrected chi connectivity index (χ3v) is 7.09. The zero-order valence-electron chi connectivity index (χ0n) is 9.99. The van der Waals surface area contributed by atoms with Gasteiger partial charge in [-0.05, 0) is 17.8 Å². The Morgan fingerprint density at radius 1 is 0.933 bits per heavy atom. The van der Waals surface area contributed by atoms with Gasteiger partial charge in [-0.1, -0.05) is 56.5 Å². The molecule has 0 amide bonds. The first-order valence-corrected chi connectivity index (χ1v) is 10.1. The molecule has 0 bridgehead atoms. The second-order valence-electron chi connectivity index (χ2n) is 3.99. The first-order chi connectivity index (χ1) is 7.11. The van der Waals surface area contributed by atoms with E-state index in [0.29, 0.717) is 0 Å². The normalized spacial score (nSPS) is 11.6. The summed E-state index contributed by atoms with van der Waals surface area (Å²) in [6, 6.07) is 10.5. The Hall–Kier alpha value is -0.806. The van der Waals surface area contributed by atoms with Crippen LogP contribution in [0.2, 0.25) is 26.2 Å². The summed E-state index contributed by atoms with van der Waals surface area (Å²) in [5.41, 5.74) is 1.29. The second-order valence-corrected chi connectivity index (χ2v) is 9.19. The zero-order chi connectivity index (χ0) is 11.3. The largest absolute Gasteiger partial charge is 0.432 e. The molecule has 2 radical (unpaired) electrons. The van der Waals surface area contributed by atoms with Gasteiger partial charge in [-0.15, -0.1) is 0 Å². The van der Waals surface area contributed by atoms with Crippen molar-refractivity contribution in [2.75, 3.05) is 0 Å². The molecule has 0 aliphatic rings. The molecule has 1 aromatic carbocycles. The fourth-order valence-electron chi connectivity index (χ4n) is 1.47. The Morgan fingerprint density at radius 2 is 1.47 bits per heavy atom. The highest BCUT2D eigenvalue weighted by Gasteiger charge is 2.11. The molecule has 0 atom stereocenters. The van der Waals surface area contributed by atoms with Gasteiger partial charge in [-0.3, -0.25) is 0 Å². The summed E-state index contributed by atoms with van der Waals surface area (Å²) in [6.07, 6.45) is 4.49. The minimum absolute atomic E-state index is 0.350. The molecule has 0 spiro atoms. The molecule has 0 unspecified atom stereocenters. The molecule has 80 valence electrons. The Bertz CT molecular complexity index is 299. The Labute approximate surface area is 96.8 Å². The van der Waals surface area contributed by atoms with Crippen molar-refractivity contribution >= 4 is 24.0 Å². The quantitative estimate of drug-likeness (QED) is 0.720. The zero-order valence-corrected chi connectivity index (χ0v) is 12.0. The SMILES string of the molecule is C[Si](C)N(/C=C/c1ccccc1)[Si](C)C. The molecule has 15 heavy (non-hydrogen) atoms. The van der Waals surface area contributed by atoms with E-state index >= 15 is 0 Å². The smallest absolute Gasteiger partial charge is 0.153 e. The maximum Gasteiger partial charge on any atom is 0.153 e. The van der Waals surface area contributed by atoms with E-state index in [-0.39, 0.29) is 17.9 Å². The number of nitrogens with zero attached hydrogens (tertiary/aromatic N) is 1. The summed E-state index contributed by atoms with van der Waals surface area (Å²) in [4.78, 5) is 0. The standard InChI is InChI=1S/C12H19NSi2/c1-14(2)13(15(3)4)11-10-12-8-6-5-7-9-12/h5-11H,1-4H3/b11-10+. The van der Waals surface area contributed by atoms with Gasteiger partial charge in [-0.2, -0.15) is 0 Å². The molecule has 0 aliphatic carbocycles. The van der Waals surface area contributed by atoms with Crippen LogP contribution in [0.4, 0.5) is 0 Å². The van der Waals surface area contributed by atoms with Crippen LogP contribution in [0.3, 0.4) is 0 Å². The summed E-state index contributed by atoms with van der Waals surface area (Å²) >= 11 is 0. The molecule has 0 N–H and O–H groups in total. The first kappa shape index (κ1) is 12.3. The maximum atomic E-state index is 2.56. The minimum Gasteiger partial charge on any atom is -0.432 e. The van der Waals surface area contributed by atoms with Crippen molar-refractivity contribution in [2.45, 2.75) is 26.2 Å². The monoisotopic (exact) mass is 233 g/mol. The molecule has 0 aromatic heterocycles. The Kier molecular flexibility index (Phi) is 4.85. The molecule has 0 fully saturated rings. The van der Waals surface area contributed by atoms with Crippen molar-refractivity contribution < 1.29 is 0 Å². The average Bonchev–Trinajstić information content (AvgIpc) is 2.18. The fourth-order valence-corrected chi connectivity index (χ4v) is 5.79. The Balaban J connectivity index is 2.70. The molecule has 0 heterocycles. The molecule has 1 rings (SSSR count). The van der Waals surface area contributed by atoms with E-state index in [1.165, 1.54) is 5.56 Å². The molecule has 0 saturated heterocycles. The van der Waals surface area contributed by atoms with Crippen molar-refractivity contribution in [3.05, 3.63) is 42.1 Å². The lowest BCUT2D eigenvalue weighted by Crippen LogP contribution is -2.38. The van der Waals surface area contributed by atoms with Crippen molar-refractivity contribution in [1.82, 2.24) is 4.23 Å². The van der Waals surface area contributed by atoms with Crippen LogP contribution in [0.5, 0.6) is 0 Å². The predicted octanol–water partition coefficient (Wildman–Crippen LogP) is 3.46. The van der Waals surface area contributed by atoms with Gasteiger partial charge in [0.05, 0.1) is 0 Å². The molecular weight excluding hydrogens is 214 g/mol. The van der Waals surface area contributed by atoms with Gasteiger partial charge >= 0.3 is 0 Å². The van der Waals surface area contributed by atoms with Crippen molar-refractivity contribution in [2.24, 2.45) is 0 Å². The van der Waals surface area contributed by atoms with Crippen molar-refractivity contribution in [1.29, 1.82) is 0 Å². The van der Waals surface area contributed by atoms with E-state index in [9.17, 15) is 0 Å². The average molecular weight is 233 g/mol. The van der Waals surface area contributed by atoms with E-state index in [1.807, 2.05) is 0 Å². The van der Waals surface area contributed by atoms with E-state index < -0.39 is 0 Å². The van der Waals surface area contributed by atoms with Crippen LogP contribution in [0.25, 0.3) is 6.08 Å². The first-order valence-electron chi connectivity index (χ1n) is 5.24. The second kappa shape index (κ2) is 5.93. The number of rotatable bonds is 4. The van der Waals surface area contributed by atoms with Crippen LogP contribution >= 0.6 is 0 Å². The van der Waals surface area contributed by atoms with Gasteiger partial charge in [-0.25, -0.2) is 0 Å². The molecule has 0 saturated carbocycles. The van der Waals surface area contributed by atoms with E-state index in [4.69, 9.17) is 0 Å². The van der Waals surface area contributed by atoms with Gasteiger partial charge in [0, 0.05) is 0 Å². The van der Waals surface area contributed by atoms with Gasteiger partial charge in [0.2, 0.25) is 0 Å². The number of hydrogen-bond donors (Lipinski definition) is 0. The van der Waals surface area contributed by atoms with Gasteiger partial charge in [0.15, 0.2) is 17.9 Å². The predicted molar refractivity (Wildman–Crippen MR) is 72.3 cm³/mol. The van der Waals surface area contributed by atoms with E-state index in [0.717, 1.165) is 0 Å². The van der Waals surface area contributed by atoms with E-state index in [2.05, 4.69) is 73.0 Å². The summed E-state index contributed by atoms with van der Waals surface area (Å²) in [6.45, 7) is 9.38. The molecule has 1 aromatic rings. The van der Waals surface area contributed by atoms with Gasteiger partial charge < -0.3 is 4.23 Å². The van der Waals surface area contributed by atoms with Crippen molar-refractivity contribution in [3.8, 4) is 0 Å². The topological polar surface area (TPSA) is 3.24 Å². The lowest BCUT2D eigenvalue weighted by molar-refractivity contribution is 0.897. The van der Waals surface area contributed by atoms with Crippen LogP contribution in [0.1, 0.15) is 5.56 Å². The molecule has 1 nitrogen and oxygen atoms in total. The molecule has 0 aliphatic heterocycles. The van der Waals surface area contributed by atoms with Crippen LogP contribution in [-0.2, 0) is 0 Å². The van der Waals surface area contributed by atoms with Gasteiger partial charge in [0.1, 0.15) is 0 Å². The van der Waals surface area contributed by atoms with Crippen molar-refractivity contribution in [3.63, 3.8) is 0 Å². The lowest BCUT2D eigenvalue weighted by atomic mass is 10.2. The number of benzene rings is 1. The van der Waals surface area contributed by atoms with Crippen LogP contribution in [-0.4, -0.2) is 22.1 Å². The highest BCUT2D eigenvalue weighted by atomic mass is 28.3. The third-order valence-electron chi connectivity index (χ3n) is 2.18. The highest BCUT2D eigenvalue weighted by Crippen LogP contribution is 2.06. The van der Waals surface area contributed by atoms with Crippen LogP contribution in [0.15, 0.2) is 36.5 Å². The summed E-state index contributed by atoms with van der Waals surface area (Å²) in [5, 5.41) is 0. The van der Waals surface area contributed by atoms with Gasteiger partial charge in [0.25, 0.3) is 0 Å². The third kappa shape index (κ3) is 4.05.